The molecule has 28 heavy (non-hydrogen) atoms. The maximum atomic E-state index is 5.09. The summed E-state index contributed by atoms with van der Waals surface area (Å²) in [7, 11) is 0. The molecule has 0 aliphatic heterocycles. The van der Waals surface area contributed by atoms with Gasteiger partial charge in [-0.2, -0.15) is 0 Å². The fourth-order valence-corrected chi connectivity index (χ4v) is 4.15. The lowest BCUT2D eigenvalue weighted by Gasteiger charge is -2.11. The summed E-state index contributed by atoms with van der Waals surface area (Å²) >= 11 is 0. The zero-order valence-electron chi connectivity index (χ0n) is 19.5. The van der Waals surface area contributed by atoms with E-state index in [-0.39, 0.29) is 0 Å². The van der Waals surface area contributed by atoms with E-state index in [4.69, 9.17) is 9.98 Å². The maximum Gasteiger partial charge on any atom is 0.0767 e. The molecule has 0 atom stereocenters. The van der Waals surface area contributed by atoms with E-state index in [0.29, 0.717) is 0 Å². The molecule has 0 bridgehead atoms. The number of hydrogen-bond acceptors (Lipinski definition) is 2. The first-order chi connectivity index (χ1) is 13.9. The van der Waals surface area contributed by atoms with Crippen molar-refractivity contribution in [2.75, 3.05) is 13.1 Å². The molecule has 0 saturated heterocycles. The van der Waals surface area contributed by atoms with Gasteiger partial charge in [0.25, 0.3) is 0 Å². The molecule has 0 aromatic heterocycles. The molecule has 0 spiro atoms. The molecule has 0 aromatic carbocycles. The largest absolute Gasteiger partial charge is 0.292 e. The Bertz CT molecular complexity index is 383. The molecule has 1 aliphatic carbocycles. The van der Waals surface area contributed by atoms with E-state index >= 15 is 0 Å². The Morgan fingerprint density at radius 3 is 1.75 bits per heavy atom. The fourth-order valence-electron chi connectivity index (χ4n) is 4.15. The van der Waals surface area contributed by atoms with Crippen molar-refractivity contribution in [3.8, 4) is 0 Å². The van der Waals surface area contributed by atoms with Gasteiger partial charge in [0, 0.05) is 18.0 Å². The van der Waals surface area contributed by atoms with Crippen LogP contribution < -0.4 is 0 Å². The lowest BCUT2D eigenvalue weighted by molar-refractivity contribution is 0.555. The van der Waals surface area contributed by atoms with E-state index in [0.717, 1.165) is 19.5 Å². The number of rotatable bonds is 12. The van der Waals surface area contributed by atoms with Crippen LogP contribution in [0, 0.1) is 0 Å². The molecule has 0 heterocycles. The lowest BCUT2D eigenvalue weighted by atomic mass is 10.00. The van der Waals surface area contributed by atoms with Gasteiger partial charge in [-0.1, -0.05) is 97.3 Å². The predicted molar refractivity (Wildman–Crippen MR) is 128 cm³/mol. The molecule has 164 valence electrons. The van der Waals surface area contributed by atoms with Gasteiger partial charge in [-0.05, 0) is 44.9 Å². The van der Waals surface area contributed by atoms with Crippen molar-refractivity contribution in [1.82, 2.24) is 0 Å². The summed E-state index contributed by atoms with van der Waals surface area (Å²) in [5, 5.41) is 0. The van der Waals surface area contributed by atoms with Crippen LogP contribution in [0.1, 0.15) is 142 Å². The van der Waals surface area contributed by atoms with Crippen molar-refractivity contribution >= 4 is 11.4 Å². The highest BCUT2D eigenvalue weighted by Crippen LogP contribution is 2.16. The number of aliphatic imine (C=N–C) groups is 2. The summed E-state index contributed by atoms with van der Waals surface area (Å²) in [5.74, 6) is 0. The van der Waals surface area contributed by atoms with Crippen molar-refractivity contribution in [2.45, 2.75) is 142 Å². The second kappa shape index (κ2) is 19.6. The Hall–Kier alpha value is -0.660. The molecule has 1 aliphatic rings. The minimum absolute atomic E-state index is 0.880. The molecule has 1 fully saturated rings. The Balaban J connectivity index is 2.41. The molecule has 1 saturated carbocycles. The zero-order valence-corrected chi connectivity index (χ0v) is 19.5. The fraction of sp³-hybridized carbons (Fsp3) is 0.923. The predicted octanol–water partition coefficient (Wildman–Crippen LogP) is 8.72. The summed E-state index contributed by atoms with van der Waals surface area (Å²) in [5.41, 5.74) is 2.86. The molecule has 1 rings (SSSR count). The summed E-state index contributed by atoms with van der Waals surface area (Å²) in [4.78, 5) is 9.98. The van der Waals surface area contributed by atoms with Gasteiger partial charge in [0.2, 0.25) is 0 Å². The van der Waals surface area contributed by atoms with E-state index in [1.54, 1.807) is 0 Å². The highest BCUT2D eigenvalue weighted by Gasteiger charge is 2.05. The van der Waals surface area contributed by atoms with Gasteiger partial charge in [0.1, 0.15) is 0 Å². The van der Waals surface area contributed by atoms with E-state index in [1.165, 1.54) is 133 Å². The third-order valence-corrected chi connectivity index (χ3v) is 6.04. The van der Waals surface area contributed by atoms with Gasteiger partial charge in [-0.3, -0.25) is 9.98 Å². The van der Waals surface area contributed by atoms with Crippen LogP contribution in [0.4, 0.5) is 0 Å². The molecule has 2 nitrogen and oxygen atoms in total. The molecular weight excluding hydrogens is 340 g/mol. The standard InChI is InChI=1S/C26H50N2/c1-3-5-6-7-11-16-19-22-26(27-23-4-2)24-28-25-20-17-14-12-9-8-10-13-15-18-21-25/h3-24H2,1-2H3. The smallest absolute Gasteiger partial charge is 0.0767 e. The minimum Gasteiger partial charge on any atom is -0.292 e. The van der Waals surface area contributed by atoms with Crippen LogP contribution in [0.25, 0.3) is 0 Å². The van der Waals surface area contributed by atoms with Gasteiger partial charge in [0.05, 0.1) is 6.54 Å². The van der Waals surface area contributed by atoms with Crippen LogP contribution in [0.5, 0.6) is 0 Å². The average Bonchev–Trinajstić information content (AvgIpc) is 2.70. The van der Waals surface area contributed by atoms with Gasteiger partial charge in [-0.15, -0.1) is 0 Å². The quantitative estimate of drug-likeness (QED) is 0.235. The molecule has 0 radical (unpaired) electrons. The maximum absolute atomic E-state index is 5.09. The van der Waals surface area contributed by atoms with Crippen LogP contribution in [-0.4, -0.2) is 24.5 Å². The molecule has 0 N–H and O–H groups in total. The van der Waals surface area contributed by atoms with Gasteiger partial charge in [-0.25, -0.2) is 0 Å². The second-order valence-corrected chi connectivity index (χ2v) is 8.88. The van der Waals surface area contributed by atoms with Crippen LogP contribution in [-0.2, 0) is 0 Å². The lowest BCUT2D eigenvalue weighted by Crippen LogP contribution is -2.09. The molecule has 0 unspecified atom stereocenters. The van der Waals surface area contributed by atoms with Gasteiger partial charge >= 0.3 is 0 Å². The topological polar surface area (TPSA) is 24.7 Å². The highest BCUT2D eigenvalue weighted by molar-refractivity contribution is 5.91. The summed E-state index contributed by atoms with van der Waals surface area (Å²) in [6.07, 6.45) is 27.1. The minimum atomic E-state index is 0.880. The summed E-state index contributed by atoms with van der Waals surface area (Å²) < 4.78 is 0. The van der Waals surface area contributed by atoms with E-state index in [9.17, 15) is 0 Å². The first-order valence-electron chi connectivity index (χ1n) is 12.9. The number of unbranched alkanes of at least 4 members (excludes halogenated alkanes) is 6. The van der Waals surface area contributed by atoms with Gasteiger partial charge < -0.3 is 0 Å². The Morgan fingerprint density at radius 1 is 0.643 bits per heavy atom. The van der Waals surface area contributed by atoms with Crippen molar-refractivity contribution in [2.24, 2.45) is 9.98 Å². The third-order valence-electron chi connectivity index (χ3n) is 6.04. The highest BCUT2D eigenvalue weighted by atomic mass is 14.8. The molecule has 0 aromatic rings. The second-order valence-electron chi connectivity index (χ2n) is 8.88. The number of hydrogen-bond donors (Lipinski definition) is 0. The van der Waals surface area contributed by atoms with E-state index in [1.807, 2.05) is 0 Å². The molecular formula is C26H50N2. The molecule has 2 heteroatoms. The van der Waals surface area contributed by atoms with E-state index in [2.05, 4.69) is 13.8 Å². The zero-order chi connectivity index (χ0) is 20.1. The van der Waals surface area contributed by atoms with E-state index < -0.39 is 0 Å². The summed E-state index contributed by atoms with van der Waals surface area (Å²) in [6.45, 7) is 6.38. The van der Waals surface area contributed by atoms with Crippen molar-refractivity contribution in [3.63, 3.8) is 0 Å². The third kappa shape index (κ3) is 15.3. The Labute approximate surface area is 177 Å². The van der Waals surface area contributed by atoms with Crippen LogP contribution >= 0.6 is 0 Å². The Kier molecular flexibility index (Phi) is 17.8. The SMILES string of the molecule is CCCCCCCCCC(CN=C1CCCCCCCCCCC1)=NCCC. The number of nitrogens with zero attached hydrogens (tertiary/aromatic N) is 2. The first-order valence-corrected chi connectivity index (χ1v) is 12.9. The van der Waals surface area contributed by atoms with Crippen LogP contribution in [0.3, 0.4) is 0 Å². The van der Waals surface area contributed by atoms with Crippen molar-refractivity contribution < 1.29 is 0 Å². The van der Waals surface area contributed by atoms with Crippen LogP contribution in [0.2, 0.25) is 0 Å². The normalized spacial score (nSPS) is 17.8. The van der Waals surface area contributed by atoms with Crippen molar-refractivity contribution in [1.29, 1.82) is 0 Å². The monoisotopic (exact) mass is 390 g/mol. The van der Waals surface area contributed by atoms with Crippen LogP contribution in [0.15, 0.2) is 9.98 Å². The van der Waals surface area contributed by atoms with Gasteiger partial charge in [0.15, 0.2) is 0 Å². The Morgan fingerprint density at radius 2 is 1.18 bits per heavy atom. The molecule has 0 amide bonds. The first kappa shape index (κ1) is 25.4. The average molecular weight is 391 g/mol. The summed E-state index contributed by atoms with van der Waals surface area (Å²) in [6, 6.07) is 0. The van der Waals surface area contributed by atoms with Crippen molar-refractivity contribution in [3.05, 3.63) is 0 Å².